The van der Waals surface area contributed by atoms with Crippen molar-refractivity contribution in [2.24, 2.45) is 0 Å². The number of nitriles is 1. The van der Waals surface area contributed by atoms with E-state index in [0.717, 1.165) is 0 Å². The van der Waals surface area contributed by atoms with Gasteiger partial charge in [0.05, 0.1) is 16.6 Å². The molecule has 0 aliphatic rings. The van der Waals surface area contributed by atoms with Crippen LogP contribution in [0.2, 0.25) is 0 Å². The minimum absolute atomic E-state index is 0.0499. The number of nitro benzene ring substituents is 1. The van der Waals surface area contributed by atoms with Crippen molar-refractivity contribution in [3.63, 3.8) is 0 Å². The first-order chi connectivity index (χ1) is 9.25. The fraction of sp³-hybridized carbons (Fsp3) is 0.385. The lowest BCUT2D eigenvalue weighted by Gasteiger charge is -2.26. The fourth-order valence-electron chi connectivity index (χ4n) is 1.71. The molecular weight excluding hydrogens is 262 g/mol. The second-order valence-electron chi connectivity index (χ2n) is 5.00. The van der Waals surface area contributed by atoms with Crippen molar-refractivity contribution in [1.29, 1.82) is 5.26 Å². The average molecular weight is 277 g/mol. The van der Waals surface area contributed by atoms with Crippen LogP contribution in [0.4, 0.5) is 11.4 Å². The number of rotatable bonds is 6. The summed E-state index contributed by atoms with van der Waals surface area (Å²) in [6, 6.07) is 5.93. The highest BCUT2D eigenvalue weighted by atomic mass is 16.6. The molecule has 7 heteroatoms. The highest BCUT2D eigenvalue weighted by Gasteiger charge is 2.23. The molecule has 106 valence electrons. The summed E-state index contributed by atoms with van der Waals surface area (Å²) >= 11 is 0. The predicted octanol–water partition coefficient (Wildman–Crippen LogP) is 2.52. The molecule has 0 spiro atoms. The Morgan fingerprint density at radius 3 is 2.70 bits per heavy atom. The van der Waals surface area contributed by atoms with E-state index in [0.29, 0.717) is 12.0 Å². The van der Waals surface area contributed by atoms with Gasteiger partial charge in [-0.15, -0.1) is 0 Å². The van der Waals surface area contributed by atoms with Crippen LogP contribution in [0.1, 0.15) is 32.3 Å². The second-order valence-corrected chi connectivity index (χ2v) is 5.00. The van der Waals surface area contributed by atoms with Crippen LogP contribution < -0.4 is 5.32 Å². The SMILES string of the molecule is CC(C)(CCC(=O)O)Nc1cc(C#N)ccc1[N+](=O)[O-]. The van der Waals surface area contributed by atoms with Gasteiger partial charge in [-0.1, -0.05) is 0 Å². The summed E-state index contributed by atoms with van der Waals surface area (Å²) < 4.78 is 0. The van der Waals surface area contributed by atoms with Gasteiger partial charge >= 0.3 is 5.97 Å². The second kappa shape index (κ2) is 6.02. The molecule has 7 nitrogen and oxygen atoms in total. The van der Waals surface area contributed by atoms with Crippen LogP contribution in [0, 0.1) is 21.4 Å². The Balaban J connectivity index is 3.03. The molecular formula is C13H15N3O4. The molecule has 0 radical (unpaired) electrons. The number of carboxylic acids is 1. The van der Waals surface area contributed by atoms with Gasteiger partial charge in [-0.05, 0) is 32.4 Å². The zero-order chi connectivity index (χ0) is 15.3. The lowest BCUT2D eigenvalue weighted by molar-refractivity contribution is -0.384. The van der Waals surface area contributed by atoms with Crippen molar-refractivity contribution in [3.8, 4) is 6.07 Å². The lowest BCUT2D eigenvalue weighted by Crippen LogP contribution is -2.31. The van der Waals surface area contributed by atoms with Crippen LogP contribution >= 0.6 is 0 Å². The molecule has 0 aliphatic heterocycles. The van der Waals surface area contributed by atoms with Gasteiger partial charge in [0.25, 0.3) is 5.69 Å². The molecule has 0 bridgehead atoms. The Morgan fingerprint density at radius 2 is 2.20 bits per heavy atom. The highest BCUT2D eigenvalue weighted by molar-refractivity contribution is 5.68. The molecule has 0 unspecified atom stereocenters. The third-order valence-electron chi connectivity index (χ3n) is 2.76. The molecule has 1 aromatic carbocycles. The van der Waals surface area contributed by atoms with E-state index in [9.17, 15) is 14.9 Å². The molecule has 0 aliphatic carbocycles. The Bertz CT molecular complexity index is 575. The molecule has 0 amide bonds. The van der Waals surface area contributed by atoms with Crippen molar-refractivity contribution in [1.82, 2.24) is 0 Å². The number of aliphatic carboxylic acids is 1. The summed E-state index contributed by atoms with van der Waals surface area (Å²) in [6.07, 6.45) is 0.252. The highest BCUT2D eigenvalue weighted by Crippen LogP contribution is 2.29. The molecule has 0 atom stereocenters. The van der Waals surface area contributed by atoms with Crippen molar-refractivity contribution >= 4 is 17.3 Å². The number of nitro groups is 1. The summed E-state index contributed by atoms with van der Waals surface area (Å²) in [7, 11) is 0. The quantitative estimate of drug-likeness (QED) is 0.609. The monoisotopic (exact) mass is 277 g/mol. The van der Waals surface area contributed by atoms with Gasteiger partial charge in [-0.3, -0.25) is 14.9 Å². The Labute approximate surface area is 116 Å². The predicted molar refractivity (Wildman–Crippen MR) is 72.4 cm³/mol. The van der Waals surface area contributed by atoms with Crippen molar-refractivity contribution in [2.75, 3.05) is 5.32 Å². The van der Waals surface area contributed by atoms with Crippen LogP contribution in [0.3, 0.4) is 0 Å². The van der Waals surface area contributed by atoms with Crippen LogP contribution in [-0.2, 0) is 4.79 Å². The first-order valence-electron chi connectivity index (χ1n) is 5.94. The number of benzene rings is 1. The summed E-state index contributed by atoms with van der Waals surface area (Å²) in [5.74, 6) is -0.930. The summed E-state index contributed by atoms with van der Waals surface area (Å²) in [5, 5.41) is 31.4. The van der Waals surface area contributed by atoms with Gasteiger partial charge in [0, 0.05) is 18.0 Å². The smallest absolute Gasteiger partial charge is 0.303 e. The van der Waals surface area contributed by atoms with Crippen LogP contribution in [0.5, 0.6) is 0 Å². The molecule has 20 heavy (non-hydrogen) atoms. The topological polar surface area (TPSA) is 116 Å². The number of hydrogen-bond donors (Lipinski definition) is 2. The van der Waals surface area contributed by atoms with Gasteiger partial charge in [0.15, 0.2) is 0 Å². The summed E-state index contributed by atoms with van der Waals surface area (Å²) in [6.45, 7) is 3.50. The first-order valence-corrected chi connectivity index (χ1v) is 5.94. The maximum atomic E-state index is 11.0. The molecule has 2 N–H and O–H groups in total. The van der Waals surface area contributed by atoms with E-state index >= 15 is 0 Å². The van der Waals surface area contributed by atoms with E-state index in [1.807, 2.05) is 6.07 Å². The summed E-state index contributed by atoms with van der Waals surface area (Å²) in [4.78, 5) is 21.0. The van der Waals surface area contributed by atoms with E-state index < -0.39 is 16.4 Å². The normalized spacial score (nSPS) is 10.7. The maximum absolute atomic E-state index is 11.0. The maximum Gasteiger partial charge on any atom is 0.303 e. The first kappa shape index (κ1) is 15.4. The third-order valence-corrected chi connectivity index (χ3v) is 2.76. The van der Waals surface area contributed by atoms with Crippen LogP contribution in [0.15, 0.2) is 18.2 Å². The fourth-order valence-corrected chi connectivity index (χ4v) is 1.71. The number of carbonyl (C=O) groups is 1. The molecule has 0 heterocycles. The number of nitrogens with zero attached hydrogens (tertiary/aromatic N) is 2. The largest absolute Gasteiger partial charge is 0.481 e. The Kier molecular flexibility index (Phi) is 4.64. The van der Waals surface area contributed by atoms with Gasteiger partial charge in [-0.25, -0.2) is 0 Å². The van der Waals surface area contributed by atoms with Crippen molar-refractivity contribution < 1.29 is 14.8 Å². The minimum atomic E-state index is -0.930. The number of hydrogen-bond acceptors (Lipinski definition) is 5. The Hall–Kier alpha value is -2.62. The van der Waals surface area contributed by atoms with Gasteiger partial charge < -0.3 is 10.4 Å². The minimum Gasteiger partial charge on any atom is -0.481 e. The number of anilines is 1. The zero-order valence-electron chi connectivity index (χ0n) is 11.2. The molecule has 0 aromatic heterocycles. The van der Waals surface area contributed by atoms with E-state index in [2.05, 4.69) is 5.32 Å². The van der Waals surface area contributed by atoms with Gasteiger partial charge in [0.1, 0.15) is 5.69 Å². The molecule has 1 rings (SSSR count). The van der Waals surface area contributed by atoms with Crippen LogP contribution in [0.25, 0.3) is 0 Å². The van der Waals surface area contributed by atoms with Crippen molar-refractivity contribution in [2.45, 2.75) is 32.2 Å². The zero-order valence-corrected chi connectivity index (χ0v) is 11.2. The number of carboxylic acid groups (broad SMARTS) is 1. The molecule has 1 aromatic rings. The van der Waals surface area contributed by atoms with Crippen LogP contribution in [-0.4, -0.2) is 21.5 Å². The van der Waals surface area contributed by atoms with E-state index in [1.165, 1.54) is 18.2 Å². The standard InChI is InChI=1S/C13H15N3O4/c1-13(2,6-5-12(17)18)15-10-7-9(8-14)3-4-11(10)16(19)20/h3-4,7,15H,5-6H2,1-2H3,(H,17,18). The summed E-state index contributed by atoms with van der Waals surface area (Å²) in [5.41, 5.74) is -0.277. The average Bonchev–Trinajstić information content (AvgIpc) is 2.35. The van der Waals surface area contributed by atoms with Crippen molar-refractivity contribution in [3.05, 3.63) is 33.9 Å². The van der Waals surface area contributed by atoms with Gasteiger partial charge in [0.2, 0.25) is 0 Å². The van der Waals surface area contributed by atoms with E-state index in [-0.39, 0.29) is 17.8 Å². The molecule has 0 saturated carbocycles. The van der Waals surface area contributed by atoms with E-state index in [4.69, 9.17) is 10.4 Å². The lowest BCUT2D eigenvalue weighted by atomic mass is 9.97. The third kappa shape index (κ3) is 4.24. The molecule has 0 saturated heterocycles. The Morgan fingerprint density at radius 1 is 1.55 bits per heavy atom. The van der Waals surface area contributed by atoms with Gasteiger partial charge in [-0.2, -0.15) is 5.26 Å². The number of nitrogens with one attached hydrogen (secondary N) is 1. The molecule has 0 fully saturated rings. The van der Waals surface area contributed by atoms with E-state index in [1.54, 1.807) is 13.8 Å².